The van der Waals surface area contributed by atoms with E-state index in [1.54, 1.807) is 6.33 Å². The van der Waals surface area contributed by atoms with E-state index in [9.17, 15) is 0 Å². The van der Waals surface area contributed by atoms with E-state index in [4.69, 9.17) is 5.26 Å². The summed E-state index contributed by atoms with van der Waals surface area (Å²) in [6.45, 7) is 1.80. The molecule has 3 N–H and O–H groups in total. The van der Waals surface area contributed by atoms with Crippen LogP contribution in [0, 0.1) is 11.5 Å². The van der Waals surface area contributed by atoms with Crippen molar-refractivity contribution in [2.75, 3.05) is 18.0 Å². The van der Waals surface area contributed by atoms with E-state index in [2.05, 4.69) is 35.5 Å². The second kappa shape index (κ2) is 8.25. The van der Waals surface area contributed by atoms with Crippen molar-refractivity contribution in [1.29, 1.82) is 5.26 Å². The van der Waals surface area contributed by atoms with E-state index >= 15 is 0 Å². The molecule has 1 aliphatic heterocycles. The first kappa shape index (κ1) is 17.6. The average Bonchev–Trinajstić information content (AvgIpc) is 3.18. The molecule has 1 aliphatic carbocycles. The number of rotatable bonds is 3. The zero-order valence-corrected chi connectivity index (χ0v) is 15.5. The average molecular weight is 366 g/mol. The molecular formula is C19H26N8. The van der Waals surface area contributed by atoms with E-state index in [-0.39, 0.29) is 6.04 Å². The van der Waals surface area contributed by atoms with Crippen LogP contribution in [0.5, 0.6) is 0 Å². The third kappa shape index (κ3) is 4.13. The van der Waals surface area contributed by atoms with Crippen LogP contribution in [0.25, 0.3) is 11.0 Å². The highest BCUT2D eigenvalue weighted by Gasteiger charge is 2.24. The van der Waals surface area contributed by atoms with Gasteiger partial charge in [-0.25, -0.2) is 9.97 Å². The van der Waals surface area contributed by atoms with Gasteiger partial charge in [-0.15, -0.1) is 4.99 Å². The molecule has 4 rings (SSSR count). The van der Waals surface area contributed by atoms with Crippen molar-refractivity contribution in [1.82, 2.24) is 25.6 Å². The molecule has 0 amide bonds. The molecule has 2 aromatic rings. The molecule has 3 heterocycles. The number of hydrogen-bond donors (Lipinski definition) is 3. The van der Waals surface area contributed by atoms with Gasteiger partial charge in [-0.05, 0) is 31.7 Å². The van der Waals surface area contributed by atoms with Gasteiger partial charge in [0.25, 0.3) is 0 Å². The van der Waals surface area contributed by atoms with Crippen LogP contribution < -0.4 is 15.5 Å². The van der Waals surface area contributed by atoms with E-state index in [0.717, 1.165) is 55.6 Å². The number of nitrogens with one attached hydrogen (secondary N) is 3. The van der Waals surface area contributed by atoms with Crippen molar-refractivity contribution in [3.8, 4) is 6.19 Å². The second-order valence-electron chi connectivity index (χ2n) is 7.41. The minimum atomic E-state index is 0.228. The Hall–Kier alpha value is -2.82. The largest absolute Gasteiger partial charge is 0.354 e. The predicted octanol–water partition coefficient (Wildman–Crippen LogP) is 2.28. The highest BCUT2D eigenvalue weighted by atomic mass is 15.3. The van der Waals surface area contributed by atoms with Gasteiger partial charge in [0.05, 0.1) is 5.39 Å². The Morgan fingerprint density at radius 3 is 2.81 bits per heavy atom. The summed E-state index contributed by atoms with van der Waals surface area (Å²) < 4.78 is 0. The maximum atomic E-state index is 9.07. The van der Waals surface area contributed by atoms with Crippen molar-refractivity contribution < 1.29 is 0 Å². The molecule has 1 atom stereocenters. The minimum absolute atomic E-state index is 0.228. The summed E-state index contributed by atoms with van der Waals surface area (Å²) in [5, 5.41) is 17.0. The number of aromatic nitrogens is 3. The molecule has 27 heavy (non-hydrogen) atoms. The minimum Gasteiger partial charge on any atom is -0.354 e. The van der Waals surface area contributed by atoms with E-state index in [1.165, 1.54) is 19.3 Å². The fraction of sp³-hybridized carbons (Fsp3) is 0.579. The molecule has 142 valence electrons. The standard InChI is InChI=1S/C19H26N8/c20-12-22-19(25-14-5-2-1-3-6-14)26-15-7-4-10-27(11-15)18-16-8-9-21-17(16)23-13-24-18/h8-9,13-15H,1-7,10-11H2,(H,21,23,24)(H2,22,25,26). The number of fused-ring (bicyclic) bond motifs is 1. The van der Waals surface area contributed by atoms with Crippen LogP contribution in [-0.2, 0) is 0 Å². The lowest BCUT2D eigenvalue weighted by atomic mass is 9.96. The van der Waals surface area contributed by atoms with Crippen LogP contribution in [-0.4, -0.2) is 46.1 Å². The second-order valence-corrected chi connectivity index (χ2v) is 7.41. The first-order valence-corrected chi connectivity index (χ1v) is 9.86. The van der Waals surface area contributed by atoms with Crippen molar-refractivity contribution >= 4 is 22.8 Å². The van der Waals surface area contributed by atoms with Gasteiger partial charge in [0, 0.05) is 31.4 Å². The number of piperidine rings is 1. The van der Waals surface area contributed by atoms with Gasteiger partial charge in [-0.3, -0.25) is 0 Å². The SMILES string of the molecule is N#C/N=C(/NC1CCCCC1)NC1CCCN(c2ncnc3[nH]ccc23)C1. The summed E-state index contributed by atoms with van der Waals surface area (Å²) in [6.07, 6.45) is 13.7. The van der Waals surface area contributed by atoms with Crippen LogP contribution in [0.1, 0.15) is 44.9 Å². The third-order valence-electron chi connectivity index (χ3n) is 5.50. The number of anilines is 1. The normalized spacial score (nSPS) is 21.8. The van der Waals surface area contributed by atoms with Gasteiger partial charge >= 0.3 is 0 Å². The third-order valence-corrected chi connectivity index (χ3v) is 5.50. The Labute approximate surface area is 159 Å². The monoisotopic (exact) mass is 366 g/mol. The number of nitriles is 1. The lowest BCUT2D eigenvalue weighted by Crippen LogP contribution is -2.53. The molecule has 1 saturated carbocycles. The van der Waals surface area contributed by atoms with Gasteiger partial charge < -0.3 is 20.5 Å². The Morgan fingerprint density at radius 1 is 1.15 bits per heavy atom. The molecule has 0 spiro atoms. The first-order chi connectivity index (χ1) is 13.3. The van der Waals surface area contributed by atoms with Crippen LogP contribution in [0.3, 0.4) is 0 Å². The smallest absolute Gasteiger partial charge is 0.209 e. The topological polar surface area (TPSA) is 105 Å². The molecule has 2 fully saturated rings. The van der Waals surface area contributed by atoms with Crippen LogP contribution in [0.15, 0.2) is 23.6 Å². The van der Waals surface area contributed by atoms with Crippen LogP contribution >= 0.6 is 0 Å². The molecule has 8 nitrogen and oxygen atoms in total. The molecule has 0 radical (unpaired) electrons. The summed E-state index contributed by atoms with van der Waals surface area (Å²) in [5.41, 5.74) is 0.862. The molecule has 1 unspecified atom stereocenters. The fourth-order valence-corrected chi connectivity index (χ4v) is 4.19. The van der Waals surface area contributed by atoms with Gasteiger partial charge in [-0.1, -0.05) is 19.3 Å². The predicted molar refractivity (Wildman–Crippen MR) is 105 cm³/mol. The maximum Gasteiger partial charge on any atom is 0.209 e. The molecular weight excluding hydrogens is 340 g/mol. The summed E-state index contributed by atoms with van der Waals surface area (Å²) in [7, 11) is 0. The zero-order valence-electron chi connectivity index (χ0n) is 15.5. The number of H-pyrrole nitrogens is 1. The summed E-state index contributed by atoms with van der Waals surface area (Å²) in [6, 6.07) is 2.67. The highest BCUT2D eigenvalue weighted by Crippen LogP contribution is 2.25. The lowest BCUT2D eigenvalue weighted by Gasteiger charge is -2.35. The van der Waals surface area contributed by atoms with Gasteiger partial charge in [0.15, 0.2) is 0 Å². The van der Waals surface area contributed by atoms with Gasteiger partial charge in [0.1, 0.15) is 17.8 Å². The van der Waals surface area contributed by atoms with Gasteiger partial charge in [0.2, 0.25) is 12.2 Å². The summed E-state index contributed by atoms with van der Waals surface area (Å²) >= 11 is 0. The van der Waals surface area contributed by atoms with Gasteiger partial charge in [-0.2, -0.15) is 5.26 Å². The molecule has 2 aliphatic rings. The summed E-state index contributed by atoms with van der Waals surface area (Å²) in [4.78, 5) is 18.2. The zero-order chi connectivity index (χ0) is 18.5. The van der Waals surface area contributed by atoms with Crippen molar-refractivity contribution in [2.45, 2.75) is 57.0 Å². The number of aromatic amines is 1. The van der Waals surface area contributed by atoms with Crippen molar-refractivity contribution in [3.05, 3.63) is 18.6 Å². The molecule has 8 heteroatoms. The molecule has 1 saturated heterocycles. The number of nitrogens with zero attached hydrogens (tertiary/aromatic N) is 5. The quantitative estimate of drug-likeness (QED) is 0.437. The van der Waals surface area contributed by atoms with E-state index in [0.29, 0.717) is 12.0 Å². The maximum absolute atomic E-state index is 9.07. The Kier molecular flexibility index (Phi) is 5.37. The van der Waals surface area contributed by atoms with Crippen LogP contribution in [0.2, 0.25) is 0 Å². The number of guanidine groups is 1. The fourth-order valence-electron chi connectivity index (χ4n) is 4.19. The Bertz CT molecular complexity index is 830. The molecule has 0 bridgehead atoms. The number of hydrogen-bond acceptors (Lipinski definition) is 5. The highest BCUT2D eigenvalue weighted by molar-refractivity contribution is 5.87. The van der Waals surface area contributed by atoms with Crippen molar-refractivity contribution in [2.24, 2.45) is 4.99 Å². The molecule has 0 aromatic carbocycles. The lowest BCUT2D eigenvalue weighted by molar-refractivity contribution is 0.403. The van der Waals surface area contributed by atoms with E-state index in [1.807, 2.05) is 18.5 Å². The Morgan fingerprint density at radius 2 is 1.96 bits per heavy atom. The van der Waals surface area contributed by atoms with E-state index < -0.39 is 0 Å². The first-order valence-electron chi connectivity index (χ1n) is 9.86. The van der Waals surface area contributed by atoms with Crippen LogP contribution in [0.4, 0.5) is 5.82 Å². The Balaban J connectivity index is 1.43. The van der Waals surface area contributed by atoms with Crippen molar-refractivity contribution in [3.63, 3.8) is 0 Å². The summed E-state index contributed by atoms with van der Waals surface area (Å²) in [5.74, 6) is 1.58. The number of aliphatic imine (C=N–C) groups is 1. The molecule has 2 aromatic heterocycles.